The molecule has 0 amide bonds. The van der Waals surface area contributed by atoms with E-state index in [0.29, 0.717) is 0 Å². The van der Waals surface area contributed by atoms with Crippen molar-refractivity contribution in [3.05, 3.63) is 190 Å². The van der Waals surface area contributed by atoms with E-state index in [0.717, 1.165) is 12.8 Å². The summed E-state index contributed by atoms with van der Waals surface area (Å²) in [6.07, 6.45) is 7.13. The van der Waals surface area contributed by atoms with Gasteiger partial charge in [-0.1, -0.05) is 173 Å². The number of fused-ring (bicyclic) bond motifs is 11. The molecule has 0 heterocycles. The Morgan fingerprint density at radius 2 is 0.828 bits per heavy atom. The van der Waals surface area contributed by atoms with Crippen LogP contribution >= 0.6 is 0 Å². The molecular formula is C58H44. The smallest absolute Gasteiger partial charge is 0.0159 e. The van der Waals surface area contributed by atoms with Crippen molar-refractivity contribution in [1.29, 1.82) is 0 Å². The van der Waals surface area contributed by atoms with Crippen LogP contribution in [0.1, 0.15) is 62.8 Å². The maximum atomic E-state index is 2.53. The third kappa shape index (κ3) is 4.58. The molecular weight excluding hydrogens is 697 g/mol. The Morgan fingerprint density at radius 1 is 0.328 bits per heavy atom. The van der Waals surface area contributed by atoms with Crippen LogP contribution in [0, 0.1) is 0 Å². The molecule has 0 saturated carbocycles. The zero-order valence-electron chi connectivity index (χ0n) is 33.6. The number of rotatable bonds is 3. The Balaban J connectivity index is 1.17. The van der Waals surface area contributed by atoms with Crippen LogP contribution in [-0.4, -0.2) is 0 Å². The SMILES string of the molecule is CC1(C)c2ccccc2-c2ccc(-c3ccc4c(-c5cc6ccccc6c6ccccc56)c5c(c(-c6ccc7c(c6)C(C)(C)c6ccccc6-7)c4c3)=CCCC=5)cc21. The molecule has 0 radical (unpaired) electrons. The monoisotopic (exact) mass is 740 g/mol. The molecule has 0 nitrogen and oxygen atoms in total. The fourth-order valence-corrected chi connectivity index (χ4v) is 11.2. The second-order valence-electron chi connectivity index (χ2n) is 17.9. The molecule has 0 aromatic heterocycles. The number of hydrogen-bond acceptors (Lipinski definition) is 0. The zero-order chi connectivity index (χ0) is 38.9. The van der Waals surface area contributed by atoms with Gasteiger partial charge in [-0.15, -0.1) is 0 Å². The average molecular weight is 741 g/mol. The summed E-state index contributed by atoms with van der Waals surface area (Å²) in [4.78, 5) is 0. The largest absolute Gasteiger partial charge is 0.0757 e. The van der Waals surface area contributed by atoms with Gasteiger partial charge in [0.1, 0.15) is 0 Å². The van der Waals surface area contributed by atoms with E-state index in [4.69, 9.17) is 0 Å². The first-order valence-corrected chi connectivity index (χ1v) is 21.0. The Morgan fingerprint density at radius 3 is 1.52 bits per heavy atom. The van der Waals surface area contributed by atoms with Crippen molar-refractivity contribution >= 4 is 44.5 Å². The van der Waals surface area contributed by atoms with Gasteiger partial charge in [-0.3, -0.25) is 0 Å². The molecule has 9 aromatic carbocycles. The van der Waals surface area contributed by atoms with Crippen LogP contribution in [0.2, 0.25) is 0 Å². The minimum Gasteiger partial charge on any atom is -0.0757 e. The van der Waals surface area contributed by atoms with Gasteiger partial charge in [0.25, 0.3) is 0 Å². The van der Waals surface area contributed by atoms with Crippen LogP contribution in [0.25, 0.3) is 100 Å². The summed E-state index contributed by atoms with van der Waals surface area (Å²) in [5.74, 6) is 0. The summed E-state index contributed by atoms with van der Waals surface area (Å²) in [6.45, 7) is 9.56. The highest BCUT2D eigenvalue weighted by Crippen LogP contribution is 2.51. The summed E-state index contributed by atoms with van der Waals surface area (Å²) in [5, 5.41) is 10.5. The quantitative estimate of drug-likeness (QED) is 0.158. The minimum absolute atomic E-state index is 0.0626. The van der Waals surface area contributed by atoms with E-state index in [9.17, 15) is 0 Å². The average Bonchev–Trinajstić information content (AvgIpc) is 3.64. The van der Waals surface area contributed by atoms with Crippen molar-refractivity contribution in [1.82, 2.24) is 0 Å². The van der Waals surface area contributed by atoms with Gasteiger partial charge in [0, 0.05) is 10.8 Å². The topological polar surface area (TPSA) is 0 Å². The van der Waals surface area contributed by atoms with Crippen LogP contribution in [0.4, 0.5) is 0 Å². The molecule has 0 spiro atoms. The highest BCUT2D eigenvalue weighted by molar-refractivity contribution is 6.18. The van der Waals surface area contributed by atoms with Gasteiger partial charge < -0.3 is 0 Å². The van der Waals surface area contributed by atoms with Gasteiger partial charge in [0.05, 0.1) is 0 Å². The molecule has 0 atom stereocenters. The maximum absolute atomic E-state index is 2.53. The Hall–Kier alpha value is -6.50. The second-order valence-corrected chi connectivity index (χ2v) is 17.9. The third-order valence-corrected chi connectivity index (χ3v) is 14.1. The third-order valence-electron chi connectivity index (χ3n) is 14.1. The van der Waals surface area contributed by atoms with Crippen molar-refractivity contribution < 1.29 is 0 Å². The molecule has 0 saturated heterocycles. The van der Waals surface area contributed by atoms with Crippen LogP contribution in [0.5, 0.6) is 0 Å². The first-order chi connectivity index (χ1) is 28.3. The summed E-state index contributed by atoms with van der Waals surface area (Å²) >= 11 is 0. The summed E-state index contributed by atoms with van der Waals surface area (Å²) in [6, 6.07) is 60.2. The van der Waals surface area contributed by atoms with Crippen LogP contribution in [0.3, 0.4) is 0 Å². The molecule has 276 valence electrons. The molecule has 12 rings (SSSR count). The number of hydrogen-bond donors (Lipinski definition) is 0. The van der Waals surface area contributed by atoms with Gasteiger partial charge in [-0.2, -0.15) is 0 Å². The van der Waals surface area contributed by atoms with Gasteiger partial charge in [0.15, 0.2) is 0 Å². The Bertz CT molecular complexity index is 3390. The zero-order valence-corrected chi connectivity index (χ0v) is 33.6. The lowest BCUT2D eigenvalue weighted by atomic mass is 9.79. The normalized spacial score (nSPS) is 15.3. The molecule has 0 heteroatoms. The fourth-order valence-electron chi connectivity index (χ4n) is 11.2. The van der Waals surface area contributed by atoms with E-state index in [1.807, 2.05) is 0 Å². The van der Waals surface area contributed by atoms with E-state index in [1.165, 1.54) is 121 Å². The minimum atomic E-state index is -0.0858. The predicted octanol–water partition coefficient (Wildman–Crippen LogP) is 14.1. The van der Waals surface area contributed by atoms with Gasteiger partial charge in [-0.05, 0) is 158 Å². The van der Waals surface area contributed by atoms with E-state index in [1.54, 1.807) is 0 Å². The first-order valence-electron chi connectivity index (χ1n) is 21.0. The van der Waals surface area contributed by atoms with E-state index in [2.05, 4.69) is 198 Å². The maximum Gasteiger partial charge on any atom is 0.0159 e. The Labute approximate surface area is 340 Å². The molecule has 3 aliphatic carbocycles. The lowest BCUT2D eigenvalue weighted by Crippen LogP contribution is -2.31. The predicted molar refractivity (Wildman–Crippen MR) is 248 cm³/mol. The van der Waals surface area contributed by atoms with Crippen molar-refractivity contribution in [2.24, 2.45) is 0 Å². The van der Waals surface area contributed by atoms with Crippen LogP contribution in [0.15, 0.2) is 158 Å². The van der Waals surface area contributed by atoms with Gasteiger partial charge in [0.2, 0.25) is 0 Å². The van der Waals surface area contributed by atoms with Gasteiger partial charge in [-0.25, -0.2) is 0 Å². The fraction of sp³-hybridized carbons (Fsp3) is 0.138. The lowest BCUT2D eigenvalue weighted by molar-refractivity contribution is 0.660. The lowest BCUT2D eigenvalue weighted by Gasteiger charge is -2.24. The van der Waals surface area contributed by atoms with E-state index >= 15 is 0 Å². The molecule has 3 aliphatic rings. The Kier molecular flexibility index (Phi) is 6.96. The van der Waals surface area contributed by atoms with Crippen molar-refractivity contribution in [3.8, 4) is 55.6 Å². The molecule has 0 fully saturated rings. The molecule has 0 unspecified atom stereocenters. The molecule has 0 bridgehead atoms. The van der Waals surface area contributed by atoms with Crippen molar-refractivity contribution in [3.63, 3.8) is 0 Å². The second kappa shape index (κ2) is 12.0. The highest BCUT2D eigenvalue weighted by Gasteiger charge is 2.37. The molecule has 58 heavy (non-hydrogen) atoms. The van der Waals surface area contributed by atoms with E-state index < -0.39 is 0 Å². The van der Waals surface area contributed by atoms with Crippen molar-refractivity contribution in [2.45, 2.75) is 51.4 Å². The first kappa shape index (κ1) is 33.6. The highest BCUT2D eigenvalue weighted by atomic mass is 14.4. The van der Waals surface area contributed by atoms with Crippen molar-refractivity contribution in [2.75, 3.05) is 0 Å². The molecule has 9 aromatic rings. The van der Waals surface area contributed by atoms with Crippen LogP contribution in [-0.2, 0) is 10.8 Å². The standard InChI is InChI=1S/C58H44/c1-57(2)51-23-13-11-19-42(51)44-28-25-36(33-53(44)57)35-26-30-48-50(31-35)55(38-27-29-45-43-20-12-14-24-52(43)58(3,4)54(45)34-38)46-21-9-10-22-47(46)56(48)49-32-37-15-5-6-16-39(37)40-17-7-8-18-41(40)49/h5-8,11-34H,9-10H2,1-4H3. The van der Waals surface area contributed by atoms with Crippen LogP contribution < -0.4 is 10.4 Å². The summed E-state index contributed by atoms with van der Waals surface area (Å²) < 4.78 is 0. The molecule has 0 N–H and O–H groups in total. The van der Waals surface area contributed by atoms with E-state index in [-0.39, 0.29) is 10.8 Å². The number of benzene rings is 9. The summed E-state index contributed by atoms with van der Waals surface area (Å²) in [5.41, 5.74) is 18.8. The summed E-state index contributed by atoms with van der Waals surface area (Å²) in [7, 11) is 0. The van der Waals surface area contributed by atoms with Gasteiger partial charge >= 0.3 is 0 Å². The molecule has 0 aliphatic heterocycles.